The molecule has 0 bridgehead atoms. The van der Waals surface area contributed by atoms with E-state index in [4.69, 9.17) is 0 Å². The van der Waals surface area contributed by atoms with Crippen LogP contribution in [0.15, 0.2) is 18.2 Å². The normalized spacial score (nSPS) is 21.0. The Labute approximate surface area is 124 Å². The molecule has 116 valence electrons. The smallest absolute Gasteiger partial charge is 0.238 e. The van der Waals surface area contributed by atoms with Crippen LogP contribution in [0.1, 0.15) is 25.5 Å². The largest absolute Gasteiger partial charge is 0.507 e. The number of carbonyl (C=O) groups excluding carboxylic acids is 1. The first kappa shape index (κ1) is 15.6. The van der Waals surface area contributed by atoms with Crippen molar-refractivity contribution in [3.63, 3.8) is 0 Å². The molecule has 4 N–H and O–H groups in total. The fourth-order valence-corrected chi connectivity index (χ4v) is 2.85. The van der Waals surface area contributed by atoms with Gasteiger partial charge in [0, 0.05) is 32.2 Å². The maximum atomic E-state index is 12.2. The van der Waals surface area contributed by atoms with Crippen molar-refractivity contribution in [2.75, 3.05) is 26.2 Å². The first-order chi connectivity index (χ1) is 10.1. The Balaban J connectivity index is 2.26. The average Bonchev–Trinajstić information content (AvgIpc) is 2.47. The SMILES string of the molecule is CCNC(=O)C1CNCCN1C(C)c1c(O)cccc1O. The van der Waals surface area contributed by atoms with Crippen LogP contribution >= 0.6 is 0 Å². The van der Waals surface area contributed by atoms with Gasteiger partial charge in [-0.2, -0.15) is 0 Å². The molecule has 1 heterocycles. The minimum absolute atomic E-state index is 0.0357. The van der Waals surface area contributed by atoms with E-state index >= 15 is 0 Å². The van der Waals surface area contributed by atoms with E-state index < -0.39 is 0 Å². The molecule has 1 aromatic rings. The quantitative estimate of drug-likeness (QED) is 0.652. The fraction of sp³-hybridized carbons (Fsp3) is 0.533. The number of nitrogens with zero attached hydrogens (tertiary/aromatic N) is 1. The summed E-state index contributed by atoms with van der Waals surface area (Å²) in [4.78, 5) is 14.2. The number of aromatic hydroxyl groups is 2. The van der Waals surface area contributed by atoms with Gasteiger partial charge in [-0.25, -0.2) is 0 Å². The highest BCUT2D eigenvalue weighted by Crippen LogP contribution is 2.36. The van der Waals surface area contributed by atoms with Crippen molar-refractivity contribution in [3.8, 4) is 11.5 Å². The highest BCUT2D eigenvalue weighted by atomic mass is 16.3. The van der Waals surface area contributed by atoms with Gasteiger partial charge in [-0.15, -0.1) is 0 Å². The third-order valence-electron chi connectivity index (χ3n) is 3.91. The minimum atomic E-state index is -0.312. The van der Waals surface area contributed by atoms with E-state index in [1.54, 1.807) is 18.2 Å². The van der Waals surface area contributed by atoms with Crippen LogP contribution in [0.3, 0.4) is 0 Å². The lowest BCUT2D eigenvalue weighted by Crippen LogP contribution is -2.58. The second kappa shape index (κ2) is 6.78. The number of phenols is 2. The zero-order chi connectivity index (χ0) is 15.4. The third kappa shape index (κ3) is 3.28. The number of phenolic OH excluding ortho intramolecular Hbond substituents is 2. The lowest BCUT2D eigenvalue weighted by Gasteiger charge is -2.39. The van der Waals surface area contributed by atoms with Crippen molar-refractivity contribution in [1.29, 1.82) is 0 Å². The van der Waals surface area contributed by atoms with Crippen molar-refractivity contribution in [1.82, 2.24) is 15.5 Å². The van der Waals surface area contributed by atoms with Gasteiger partial charge in [0.05, 0.1) is 5.56 Å². The monoisotopic (exact) mass is 293 g/mol. The van der Waals surface area contributed by atoms with Crippen LogP contribution in [0.2, 0.25) is 0 Å². The van der Waals surface area contributed by atoms with Crippen LogP contribution in [-0.2, 0) is 4.79 Å². The summed E-state index contributed by atoms with van der Waals surface area (Å²) in [5.41, 5.74) is 0.466. The van der Waals surface area contributed by atoms with Gasteiger partial charge >= 0.3 is 0 Å². The molecule has 6 heteroatoms. The molecule has 2 atom stereocenters. The molecule has 6 nitrogen and oxygen atoms in total. The summed E-state index contributed by atoms with van der Waals surface area (Å²) in [6.07, 6.45) is 0. The first-order valence-corrected chi connectivity index (χ1v) is 7.31. The highest BCUT2D eigenvalue weighted by molar-refractivity contribution is 5.82. The summed E-state index contributed by atoms with van der Waals surface area (Å²) in [6.45, 7) is 6.37. The topological polar surface area (TPSA) is 84.8 Å². The lowest BCUT2D eigenvalue weighted by molar-refractivity contribution is -0.128. The number of hydrogen-bond acceptors (Lipinski definition) is 5. The van der Waals surface area contributed by atoms with Crippen molar-refractivity contribution in [3.05, 3.63) is 23.8 Å². The molecule has 1 aliphatic rings. The summed E-state index contributed by atoms with van der Waals surface area (Å²) in [6, 6.07) is 4.14. The molecule has 2 rings (SSSR count). The van der Waals surface area contributed by atoms with Crippen molar-refractivity contribution in [2.45, 2.75) is 25.9 Å². The molecule has 21 heavy (non-hydrogen) atoms. The molecule has 2 unspecified atom stereocenters. The molecule has 0 aromatic heterocycles. The summed E-state index contributed by atoms with van der Waals surface area (Å²) in [5.74, 6) is 0.0674. The minimum Gasteiger partial charge on any atom is -0.507 e. The lowest BCUT2D eigenvalue weighted by atomic mass is 10.0. The average molecular weight is 293 g/mol. The van der Waals surface area contributed by atoms with E-state index in [0.717, 1.165) is 6.54 Å². The van der Waals surface area contributed by atoms with Crippen molar-refractivity contribution < 1.29 is 15.0 Å². The van der Waals surface area contributed by atoms with E-state index in [1.807, 2.05) is 18.7 Å². The molecule has 1 saturated heterocycles. The Morgan fingerprint density at radius 2 is 2.14 bits per heavy atom. The first-order valence-electron chi connectivity index (χ1n) is 7.31. The zero-order valence-electron chi connectivity index (χ0n) is 12.5. The third-order valence-corrected chi connectivity index (χ3v) is 3.91. The van der Waals surface area contributed by atoms with E-state index in [0.29, 0.717) is 25.2 Å². The number of nitrogens with one attached hydrogen (secondary N) is 2. The van der Waals surface area contributed by atoms with Crippen LogP contribution in [0.4, 0.5) is 0 Å². The predicted octanol–water partition coefficient (Wildman–Crippen LogP) is 0.569. The maximum Gasteiger partial charge on any atom is 0.238 e. The second-order valence-corrected chi connectivity index (χ2v) is 5.24. The Kier molecular flexibility index (Phi) is 5.03. The number of hydrogen-bond donors (Lipinski definition) is 4. The molecule has 0 radical (unpaired) electrons. The van der Waals surface area contributed by atoms with Gasteiger partial charge in [0.15, 0.2) is 0 Å². The summed E-state index contributed by atoms with van der Waals surface area (Å²) < 4.78 is 0. The van der Waals surface area contributed by atoms with Crippen molar-refractivity contribution >= 4 is 5.91 Å². The maximum absolute atomic E-state index is 12.2. The van der Waals surface area contributed by atoms with Gasteiger partial charge in [-0.05, 0) is 26.0 Å². The molecule has 0 spiro atoms. The number of benzene rings is 1. The Morgan fingerprint density at radius 3 is 2.76 bits per heavy atom. The summed E-state index contributed by atoms with van der Waals surface area (Å²) >= 11 is 0. The molecule has 0 aliphatic carbocycles. The molecular formula is C15H23N3O3. The number of amides is 1. The molecule has 1 amide bonds. The summed E-state index contributed by atoms with van der Waals surface area (Å²) in [7, 11) is 0. The van der Waals surface area contributed by atoms with E-state index in [1.165, 1.54) is 0 Å². The van der Waals surface area contributed by atoms with Crippen LogP contribution in [0.5, 0.6) is 11.5 Å². The van der Waals surface area contributed by atoms with Gasteiger partial charge in [-0.1, -0.05) is 6.07 Å². The molecular weight excluding hydrogens is 270 g/mol. The van der Waals surface area contributed by atoms with Gasteiger partial charge in [0.25, 0.3) is 0 Å². The number of carbonyl (C=O) groups is 1. The summed E-state index contributed by atoms with van der Waals surface area (Å²) in [5, 5.41) is 26.1. The predicted molar refractivity (Wildman–Crippen MR) is 80.2 cm³/mol. The Hall–Kier alpha value is -1.79. The number of piperazine rings is 1. The Morgan fingerprint density at radius 1 is 1.48 bits per heavy atom. The molecule has 1 fully saturated rings. The second-order valence-electron chi connectivity index (χ2n) is 5.24. The van der Waals surface area contributed by atoms with Crippen LogP contribution in [-0.4, -0.2) is 53.2 Å². The number of rotatable bonds is 4. The number of likely N-dealkylation sites (N-methyl/N-ethyl adjacent to an activating group) is 1. The van der Waals surface area contributed by atoms with Crippen LogP contribution < -0.4 is 10.6 Å². The van der Waals surface area contributed by atoms with Gasteiger partial charge in [0.1, 0.15) is 17.5 Å². The molecule has 0 saturated carbocycles. The standard InChI is InChI=1S/C15H23N3O3/c1-3-17-15(21)11-9-16-7-8-18(11)10(2)14-12(19)5-4-6-13(14)20/h4-6,10-11,16,19-20H,3,7-9H2,1-2H3,(H,17,21). The van der Waals surface area contributed by atoms with Crippen molar-refractivity contribution in [2.24, 2.45) is 0 Å². The van der Waals surface area contributed by atoms with E-state index in [9.17, 15) is 15.0 Å². The van der Waals surface area contributed by atoms with Gasteiger partial charge < -0.3 is 20.8 Å². The Bertz CT molecular complexity index is 487. The van der Waals surface area contributed by atoms with Crippen LogP contribution in [0.25, 0.3) is 0 Å². The van der Waals surface area contributed by atoms with Gasteiger partial charge in [-0.3, -0.25) is 9.69 Å². The van der Waals surface area contributed by atoms with Crippen LogP contribution in [0, 0.1) is 0 Å². The highest BCUT2D eigenvalue weighted by Gasteiger charge is 2.33. The zero-order valence-corrected chi connectivity index (χ0v) is 12.5. The van der Waals surface area contributed by atoms with E-state index in [-0.39, 0.29) is 29.5 Å². The van der Waals surface area contributed by atoms with E-state index in [2.05, 4.69) is 10.6 Å². The van der Waals surface area contributed by atoms with Gasteiger partial charge in [0.2, 0.25) is 5.91 Å². The molecule has 1 aliphatic heterocycles. The fourth-order valence-electron chi connectivity index (χ4n) is 2.85. The molecule has 1 aromatic carbocycles.